The van der Waals surface area contributed by atoms with Crippen molar-refractivity contribution in [3.05, 3.63) is 35.5 Å². The van der Waals surface area contributed by atoms with E-state index in [2.05, 4.69) is 64.0 Å². The molecule has 1 heterocycles. The van der Waals surface area contributed by atoms with Gasteiger partial charge in [0.25, 0.3) is 0 Å². The van der Waals surface area contributed by atoms with Crippen molar-refractivity contribution in [2.24, 2.45) is 0 Å². The van der Waals surface area contributed by atoms with Gasteiger partial charge in [0.2, 0.25) is 5.88 Å². The van der Waals surface area contributed by atoms with Crippen LogP contribution in [0.4, 0.5) is 0 Å². The smallest absolute Gasteiger partial charge is 0.238 e. The van der Waals surface area contributed by atoms with Gasteiger partial charge in [-0.05, 0) is 39.7 Å². The van der Waals surface area contributed by atoms with Crippen LogP contribution in [0.25, 0.3) is 11.1 Å². The number of hydrogen-bond acceptors (Lipinski definition) is 2. The first kappa shape index (κ1) is 14.6. The molecule has 1 N–H and O–H groups in total. The standard InChI is InChI=1S/C17H24N2O/c1-6-7-14-15(13-10-8-12(2)9-11-13)16(20)18-19(14)17(3,4)5/h8-11H,6-7H2,1-5H3,(H,18,20). The molecule has 1 aromatic carbocycles. The predicted octanol–water partition coefficient (Wildman–Crippen LogP) is 4.27. The summed E-state index contributed by atoms with van der Waals surface area (Å²) >= 11 is 0. The van der Waals surface area contributed by atoms with Crippen molar-refractivity contribution in [3.8, 4) is 17.0 Å². The van der Waals surface area contributed by atoms with E-state index in [1.54, 1.807) is 0 Å². The van der Waals surface area contributed by atoms with E-state index in [0.717, 1.165) is 29.7 Å². The molecule has 2 rings (SSSR count). The van der Waals surface area contributed by atoms with Crippen molar-refractivity contribution in [1.82, 2.24) is 9.78 Å². The van der Waals surface area contributed by atoms with Crippen LogP contribution in [-0.4, -0.2) is 14.9 Å². The lowest BCUT2D eigenvalue weighted by Gasteiger charge is -2.22. The molecule has 0 spiro atoms. The second-order valence-electron chi connectivity index (χ2n) is 6.34. The van der Waals surface area contributed by atoms with Crippen molar-refractivity contribution >= 4 is 0 Å². The maximum atomic E-state index is 10.3. The second-order valence-corrected chi connectivity index (χ2v) is 6.34. The van der Waals surface area contributed by atoms with Gasteiger partial charge in [0, 0.05) is 0 Å². The van der Waals surface area contributed by atoms with Crippen molar-refractivity contribution in [2.45, 2.75) is 53.0 Å². The lowest BCUT2D eigenvalue weighted by atomic mass is 10.0. The SMILES string of the molecule is CCCc1c(-c2ccc(C)cc2)c(O)nn1C(C)(C)C. The molecule has 0 aliphatic carbocycles. The number of benzene rings is 1. The molecule has 0 atom stereocenters. The van der Waals surface area contributed by atoms with E-state index < -0.39 is 0 Å². The molecule has 108 valence electrons. The van der Waals surface area contributed by atoms with Crippen LogP contribution in [0.15, 0.2) is 24.3 Å². The third-order valence-electron chi connectivity index (χ3n) is 3.43. The Morgan fingerprint density at radius 1 is 1.15 bits per heavy atom. The van der Waals surface area contributed by atoms with Gasteiger partial charge in [-0.25, -0.2) is 0 Å². The number of nitrogens with zero attached hydrogens (tertiary/aromatic N) is 2. The Hall–Kier alpha value is -1.77. The van der Waals surface area contributed by atoms with Crippen LogP contribution in [0.2, 0.25) is 0 Å². The third kappa shape index (κ3) is 2.72. The summed E-state index contributed by atoms with van der Waals surface area (Å²) in [6.07, 6.45) is 1.94. The highest BCUT2D eigenvalue weighted by Gasteiger charge is 2.24. The van der Waals surface area contributed by atoms with E-state index in [9.17, 15) is 5.11 Å². The Labute approximate surface area is 121 Å². The Morgan fingerprint density at radius 3 is 2.25 bits per heavy atom. The summed E-state index contributed by atoms with van der Waals surface area (Å²) in [4.78, 5) is 0. The van der Waals surface area contributed by atoms with Crippen LogP contribution in [0.3, 0.4) is 0 Å². The maximum Gasteiger partial charge on any atom is 0.238 e. The van der Waals surface area contributed by atoms with Crippen LogP contribution >= 0.6 is 0 Å². The van der Waals surface area contributed by atoms with Gasteiger partial charge >= 0.3 is 0 Å². The molecule has 0 radical (unpaired) electrons. The number of aryl methyl sites for hydroxylation is 1. The van der Waals surface area contributed by atoms with Crippen molar-refractivity contribution in [3.63, 3.8) is 0 Å². The molecule has 2 aromatic rings. The molecular weight excluding hydrogens is 248 g/mol. The Kier molecular flexibility index (Phi) is 3.89. The maximum absolute atomic E-state index is 10.3. The first-order valence-electron chi connectivity index (χ1n) is 7.23. The van der Waals surface area contributed by atoms with E-state index in [1.807, 2.05) is 4.68 Å². The highest BCUT2D eigenvalue weighted by Crippen LogP contribution is 2.35. The first-order valence-corrected chi connectivity index (χ1v) is 7.23. The molecule has 0 fully saturated rings. The topological polar surface area (TPSA) is 38.1 Å². The highest BCUT2D eigenvalue weighted by molar-refractivity contribution is 5.71. The average Bonchev–Trinajstić information content (AvgIpc) is 2.68. The van der Waals surface area contributed by atoms with E-state index in [1.165, 1.54) is 5.56 Å². The zero-order chi connectivity index (χ0) is 14.9. The summed E-state index contributed by atoms with van der Waals surface area (Å²) in [6, 6.07) is 8.24. The summed E-state index contributed by atoms with van der Waals surface area (Å²) in [6.45, 7) is 10.5. The number of rotatable bonds is 3. The molecule has 0 aliphatic heterocycles. The van der Waals surface area contributed by atoms with Gasteiger partial charge < -0.3 is 5.11 Å². The normalized spacial score (nSPS) is 11.8. The number of aromatic hydroxyl groups is 1. The van der Waals surface area contributed by atoms with Crippen LogP contribution in [0, 0.1) is 6.92 Å². The first-order chi connectivity index (χ1) is 9.34. The molecule has 3 heteroatoms. The molecule has 0 aliphatic rings. The van der Waals surface area contributed by atoms with E-state index in [-0.39, 0.29) is 11.4 Å². The summed E-state index contributed by atoms with van der Waals surface area (Å²) < 4.78 is 1.96. The van der Waals surface area contributed by atoms with E-state index >= 15 is 0 Å². The fraction of sp³-hybridized carbons (Fsp3) is 0.471. The third-order valence-corrected chi connectivity index (χ3v) is 3.43. The molecule has 0 saturated heterocycles. The molecule has 3 nitrogen and oxygen atoms in total. The number of hydrogen-bond donors (Lipinski definition) is 1. The minimum absolute atomic E-state index is 0.132. The lowest BCUT2D eigenvalue weighted by molar-refractivity contribution is 0.328. The second kappa shape index (κ2) is 5.31. The summed E-state index contributed by atoms with van der Waals surface area (Å²) in [5.74, 6) is 0.132. The van der Waals surface area contributed by atoms with Crippen molar-refractivity contribution < 1.29 is 5.11 Å². The van der Waals surface area contributed by atoms with Crippen LogP contribution in [0.5, 0.6) is 5.88 Å². The van der Waals surface area contributed by atoms with Gasteiger partial charge in [0.1, 0.15) is 0 Å². The van der Waals surface area contributed by atoms with Gasteiger partial charge in [0.15, 0.2) is 0 Å². The zero-order valence-electron chi connectivity index (χ0n) is 13.1. The van der Waals surface area contributed by atoms with Gasteiger partial charge in [-0.15, -0.1) is 5.10 Å². The minimum atomic E-state index is -0.134. The monoisotopic (exact) mass is 272 g/mol. The molecule has 0 unspecified atom stereocenters. The fourth-order valence-electron chi connectivity index (χ4n) is 2.48. The minimum Gasteiger partial charge on any atom is -0.492 e. The molecule has 0 amide bonds. The van der Waals surface area contributed by atoms with E-state index in [0.29, 0.717) is 0 Å². The fourth-order valence-corrected chi connectivity index (χ4v) is 2.48. The Bertz CT molecular complexity index is 589. The molecule has 20 heavy (non-hydrogen) atoms. The Balaban J connectivity index is 2.63. The van der Waals surface area contributed by atoms with Gasteiger partial charge in [0.05, 0.1) is 16.8 Å². The van der Waals surface area contributed by atoms with Gasteiger partial charge in [-0.3, -0.25) is 4.68 Å². The van der Waals surface area contributed by atoms with Gasteiger partial charge in [-0.1, -0.05) is 43.2 Å². The van der Waals surface area contributed by atoms with Crippen molar-refractivity contribution in [2.75, 3.05) is 0 Å². The van der Waals surface area contributed by atoms with E-state index in [4.69, 9.17) is 0 Å². The van der Waals surface area contributed by atoms with Gasteiger partial charge in [-0.2, -0.15) is 0 Å². The molecular formula is C17H24N2O. The lowest BCUT2D eigenvalue weighted by Crippen LogP contribution is -2.25. The Morgan fingerprint density at radius 2 is 1.75 bits per heavy atom. The van der Waals surface area contributed by atoms with Crippen LogP contribution in [-0.2, 0) is 12.0 Å². The summed E-state index contributed by atoms with van der Waals surface area (Å²) in [7, 11) is 0. The van der Waals surface area contributed by atoms with Crippen LogP contribution < -0.4 is 0 Å². The quantitative estimate of drug-likeness (QED) is 0.906. The molecule has 0 saturated carbocycles. The highest BCUT2D eigenvalue weighted by atomic mass is 16.3. The zero-order valence-corrected chi connectivity index (χ0v) is 13.1. The molecule has 1 aromatic heterocycles. The van der Waals surface area contributed by atoms with Crippen LogP contribution in [0.1, 0.15) is 45.4 Å². The predicted molar refractivity (Wildman–Crippen MR) is 83.1 cm³/mol. The summed E-state index contributed by atoms with van der Waals surface area (Å²) in [5, 5.41) is 14.7. The molecule has 0 bridgehead atoms. The largest absolute Gasteiger partial charge is 0.492 e. The summed E-state index contributed by atoms with van der Waals surface area (Å²) in [5.41, 5.74) is 4.11. The average molecular weight is 272 g/mol. The van der Waals surface area contributed by atoms with Crippen molar-refractivity contribution in [1.29, 1.82) is 0 Å². The number of aromatic nitrogens is 2.